The Balaban J connectivity index is 1.67. The summed E-state index contributed by atoms with van der Waals surface area (Å²) in [5.41, 5.74) is 7.92. The fourth-order valence-corrected chi connectivity index (χ4v) is 3.01. The van der Waals surface area contributed by atoms with E-state index in [0.29, 0.717) is 36.1 Å². The van der Waals surface area contributed by atoms with Gasteiger partial charge in [0, 0.05) is 32.8 Å². The van der Waals surface area contributed by atoms with Crippen LogP contribution >= 0.6 is 0 Å². The molecule has 2 aromatic carbocycles. The molecule has 0 bridgehead atoms. The number of anilines is 1. The van der Waals surface area contributed by atoms with E-state index >= 15 is 0 Å². The predicted octanol–water partition coefficient (Wildman–Crippen LogP) is 2.29. The van der Waals surface area contributed by atoms with Crippen LogP contribution in [0.4, 0.5) is 10.5 Å². The van der Waals surface area contributed by atoms with Crippen molar-refractivity contribution in [2.24, 2.45) is 14.1 Å². The molecule has 2 radical (unpaired) electrons. The van der Waals surface area contributed by atoms with Crippen molar-refractivity contribution in [3.8, 4) is 17.2 Å². The number of hydrogen-bond donors (Lipinski definition) is 2. The summed E-state index contributed by atoms with van der Waals surface area (Å²) in [6.07, 6.45) is 1.54. The Labute approximate surface area is 169 Å². The van der Waals surface area contributed by atoms with Crippen LogP contribution in [-0.2, 0) is 14.1 Å². The van der Waals surface area contributed by atoms with E-state index in [1.807, 2.05) is 12.1 Å². The first-order chi connectivity index (χ1) is 13.9. The van der Waals surface area contributed by atoms with E-state index in [4.69, 9.17) is 23.1 Å². The molecule has 150 valence electrons. The number of carbonyl (C=O) groups excluding carboxylic acids is 1. The number of imidazole rings is 1. The van der Waals surface area contributed by atoms with Gasteiger partial charge in [-0.1, -0.05) is 6.07 Å². The third-order valence-corrected chi connectivity index (χ3v) is 4.58. The molecule has 8 nitrogen and oxygen atoms in total. The van der Waals surface area contributed by atoms with Crippen molar-refractivity contribution < 1.29 is 14.3 Å². The van der Waals surface area contributed by atoms with Crippen molar-refractivity contribution in [3.05, 3.63) is 46.9 Å². The van der Waals surface area contributed by atoms with Crippen LogP contribution in [0.5, 0.6) is 17.2 Å². The Kier molecular flexibility index (Phi) is 6.16. The van der Waals surface area contributed by atoms with E-state index in [-0.39, 0.29) is 5.69 Å². The molecule has 1 heterocycles. The Morgan fingerprint density at radius 1 is 1.10 bits per heavy atom. The molecule has 0 saturated carbocycles. The second kappa shape index (κ2) is 8.77. The Hall–Kier alpha value is -3.36. The van der Waals surface area contributed by atoms with E-state index in [0.717, 1.165) is 23.9 Å². The summed E-state index contributed by atoms with van der Waals surface area (Å²) in [7, 11) is 8.42. The van der Waals surface area contributed by atoms with Crippen LogP contribution in [0.1, 0.15) is 12.8 Å². The first-order valence-electron chi connectivity index (χ1n) is 9.26. The number of ether oxygens (including phenoxy) is 2. The third kappa shape index (κ3) is 4.74. The Bertz CT molecular complexity index is 1090. The topological polar surface area (TPSA) is 101 Å². The van der Waals surface area contributed by atoms with Gasteiger partial charge in [-0.15, -0.1) is 0 Å². The fourth-order valence-electron chi connectivity index (χ4n) is 3.01. The minimum absolute atomic E-state index is 0.127. The van der Waals surface area contributed by atoms with Gasteiger partial charge in [-0.3, -0.25) is 13.9 Å². The zero-order valence-corrected chi connectivity index (χ0v) is 16.5. The van der Waals surface area contributed by atoms with Crippen molar-refractivity contribution in [1.82, 2.24) is 14.5 Å². The molecular weight excluding hydrogens is 371 g/mol. The molecule has 0 unspecified atom stereocenters. The maximum atomic E-state index is 12.1. The fraction of sp³-hybridized carbons (Fsp3) is 0.300. The van der Waals surface area contributed by atoms with Crippen LogP contribution < -0.4 is 26.2 Å². The molecular formula is C20H23BN4O4. The van der Waals surface area contributed by atoms with E-state index in [2.05, 4.69) is 5.32 Å². The summed E-state index contributed by atoms with van der Waals surface area (Å²) in [4.78, 5) is 22.7. The molecule has 0 aliphatic carbocycles. The number of aryl methyl sites for hydroxylation is 2. The molecule has 1 aromatic heterocycles. The quantitative estimate of drug-likeness (QED) is 0.347. The average molecular weight is 394 g/mol. The van der Waals surface area contributed by atoms with Crippen molar-refractivity contribution in [1.29, 1.82) is 0 Å². The lowest BCUT2D eigenvalue weighted by Crippen LogP contribution is -2.22. The second-order valence-corrected chi connectivity index (χ2v) is 6.70. The Morgan fingerprint density at radius 2 is 1.79 bits per heavy atom. The molecule has 0 aliphatic heterocycles. The molecule has 9 heteroatoms. The average Bonchev–Trinajstić information content (AvgIpc) is 2.89. The normalized spacial score (nSPS) is 10.8. The summed E-state index contributed by atoms with van der Waals surface area (Å²) >= 11 is 0. The van der Waals surface area contributed by atoms with Crippen molar-refractivity contribution in [3.63, 3.8) is 0 Å². The number of unbranched alkanes of at least 4 members (excludes halogenated alkanes) is 1. The zero-order chi connectivity index (χ0) is 21.0. The van der Waals surface area contributed by atoms with E-state index in [1.54, 1.807) is 47.5 Å². The molecule has 3 N–H and O–H groups in total. The number of fused-ring (bicyclic) bond motifs is 1. The second-order valence-electron chi connectivity index (χ2n) is 6.70. The van der Waals surface area contributed by atoms with Gasteiger partial charge in [-0.25, -0.2) is 4.79 Å². The zero-order valence-electron chi connectivity index (χ0n) is 16.5. The Morgan fingerprint density at radius 3 is 2.52 bits per heavy atom. The van der Waals surface area contributed by atoms with Crippen LogP contribution in [0.15, 0.2) is 41.2 Å². The minimum Gasteiger partial charge on any atom is -0.493 e. The number of amides is 1. The lowest BCUT2D eigenvalue weighted by atomic mass is 10.1. The molecule has 0 aliphatic rings. The predicted molar refractivity (Wildman–Crippen MR) is 113 cm³/mol. The summed E-state index contributed by atoms with van der Waals surface area (Å²) in [6, 6.07) is 10.7. The van der Waals surface area contributed by atoms with E-state index < -0.39 is 5.81 Å². The summed E-state index contributed by atoms with van der Waals surface area (Å²) in [6.45, 7) is 1.02. The van der Waals surface area contributed by atoms with Gasteiger partial charge in [0.1, 0.15) is 11.5 Å². The van der Waals surface area contributed by atoms with Crippen LogP contribution in [0.3, 0.4) is 0 Å². The number of hydrogen-bond acceptors (Lipinski definition) is 5. The van der Waals surface area contributed by atoms with Gasteiger partial charge in [-0.05, 0) is 31.0 Å². The number of nitrogens with two attached hydrogens (primary N) is 1. The molecule has 0 spiro atoms. The lowest BCUT2D eigenvalue weighted by molar-refractivity contribution is 0.258. The van der Waals surface area contributed by atoms with Gasteiger partial charge in [0.05, 0.1) is 23.3 Å². The first-order valence-corrected chi connectivity index (χ1v) is 9.26. The standard InChI is InChI=1S/C20H23BN4O4/c1-24-16-11-15(22)18(12-17(16)25(2)20(24)27)29-14-7-5-6-13(10-14)28-9-4-3-8-23-19(21)26/h5-7,10-12H,3-4,8-9,22H2,1-2H3,(H,23,26). The SMILES string of the molecule is [B]C(=O)NCCCCOc1cccc(Oc2cc3c(cc2N)n(C)c(=O)n3C)c1. The smallest absolute Gasteiger partial charge is 0.328 e. The highest BCUT2D eigenvalue weighted by atomic mass is 16.5. The number of carbonyl (C=O) groups is 1. The molecule has 3 aromatic rings. The van der Waals surface area contributed by atoms with E-state index in [9.17, 15) is 9.59 Å². The molecule has 1 amide bonds. The maximum absolute atomic E-state index is 12.1. The molecule has 0 atom stereocenters. The summed E-state index contributed by atoms with van der Waals surface area (Å²) in [5.74, 6) is 1.18. The first kappa shape index (κ1) is 20.4. The van der Waals surface area contributed by atoms with Crippen LogP contribution in [-0.4, -0.2) is 35.9 Å². The number of nitrogens with zero attached hydrogens (tertiary/aromatic N) is 2. The van der Waals surface area contributed by atoms with Crippen molar-refractivity contribution in [2.75, 3.05) is 18.9 Å². The monoisotopic (exact) mass is 394 g/mol. The van der Waals surface area contributed by atoms with Gasteiger partial charge >= 0.3 is 5.69 Å². The lowest BCUT2D eigenvalue weighted by Gasteiger charge is -2.11. The molecule has 29 heavy (non-hydrogen) atoms. The number of nitrogens with one attached hydrogen (secondary N) is 1. The summed E-state index contributed by atoms with van der Waals surface area (Å²) < 4.78 is 14.8. The molecule has 3 rings (SSSR count). The van der Waals surface area contributed by atoms with Gasteiger partial charge in [-0.2, -0.15) is 0 Å². The number of benzene rings is 2. The van der Waals surface area contributed by atoms with Crippen molar-refractivity contribution in [2.45, 2.75) is 12.8 Å². The van der Waals surface area contributed by atoms with Crippen LogP contribution in [0.25, 0.3) is 11.0 Å². The van der Waals surface area contributed by atoms with Gasteiger partial charge in [0.15, 0.2) is 19.4 Å². The van der Waals surface area contributed by atoms with E-state index in [1.165, 1.54) is 0 Å². The van der Waals surface area contributed by atoms with Crippen LogP contribution in [0, 0.1) is 0 Å². The van der Waals surface area contributed by atoms with Gasteiger partial charge in [0.25, 0.3) is 0 Å². The number of nitrogen functional groups attached to an aromatic ring is 1. The van der Waals surface area contributed by atoms with Gasteiger partial charge in [0.2, 0.25) is 0 Å². The highest BCUT2D eigenvalue weighted by Gasteiger charge is 2.12. The highest BCUT2D eigenvalue weighted by molar-refractivity contribution is 6.57. The van der Waals surface area contributed by atoms with Crippen molar-refractivity contribution >= 4 is 30.4 Å². The summed E-state index contributed by atoms with van der Waals surface area (Å²) in [5, 5.41) is 2.54. The van der Waals surface area contributed by atoms with Gasteiger partial charge < -0.3 is 20.5 Å². The number of rotatable bonds is 8. The van der Waals surface area contributed by atoms with Crippen LogP contribution in [0.2, 0.25) is 0 Å². The molecule has 0 saturated heterocycles. The largest absolute Gasteiger partial charge is 0.493 e. The number of aromatic nitrogens is 2. The highest BCUT2D eigenvalue weighted by Crippen LogP contribution is 2.32. The third-order valence-electron chi connectivity index (χ3n) is 4.58. The molecule has 0 fully saturated rings. The minimum atomic E-state index is -0.524. The maximum Gasteiger partial charge on any atom is 0.328 e.